The average Bonchev–Trinajstić information content (AvgIpc) is 2.85. The van der Waals surface area contributed by atoms with Crippen molar-refractivity contribution in [2.75, 3.05) is 11.5 Å². The summed E-state index contributed by atoms with van der Waals surface area (Å²) in [5, 5.41) is 3.17. The number of ether oxygens (including phenoxy) is 1. The number of carbonyl (C=O) groups excluding carboxylic acids is 1. The first-order chi connectivity index (χ1) is 11.6. The third kappa shape index (κ3) is 3.28. The number of rotatable bonds is 4. The maximum atomic E-state index is 13.0. The second kappa shape index (κ2) is 6.80. The number of thiocarbonyl (C=S) groups is 1. The molecule has 0 spiro atoms. The van der Waals surface area contributed by atoms with E-state index in [1.807, 2.05) is 31.2 Å². The predicted octanol–water partition coefficient (Wildman–Crippen LogP) is 3.49. The van der Waals surface area contributed by atoms with Crippen LogP contribution in [-0.2, 0) is 4.79 Å². The Bertz CT molecular complexity index is 801. The van der Waals surface area contributed by atoms with Crippen LogP contribution in [0.4, 0.5) is 10.1 Å². The normalized spacial score (nSPS) is 15.8. The van der Waals surface area contributed by atoms with Gasteiger partial charge in [-0.2, -0.15) is 0 Å². The molecule has 122 valence electrons. The Labute approximate surface area is 144 Å². The smallest absolute Gasteiger partial charge is 0.281 e. The Balaban J connectivity index is 1.83. The minimum atomic E-state index is -0.366. The van der Waals surface area contributed by atoms with Gasteiger partial charge in [0.1, 0.15) is 17.3 Å². The first-order valence-corrected chi connectivity index (χ1v) is 7.85. The van der Waals surface area contributed by atoms with Gasteiger partial charge in [-0.1, -0.05) is 12.1 Å². The zero-order valence-electron chi connectivity index (χ0n) is 13.0. The summed E-state index contributed by atoms with van der Waals surface area (Å²) in [6.07, 6.45) is 1.72. The van der Waals surface area contributed by atoms with Gasteiger partial charge in [-0.05, 0) is 67.2 Å². The van der Waals surface area contributed by atoms with Crippen molar-refractivity contribution in [1.29, 1.82) is 0 Å². The molecule has 4 nitrogen and oxygen atoms in total. The number of hydrogen-bond donors (Lipinski definition) is 1. The third-order valence-corrected chi connectivity index (χ3v) is 3.75. The quantitative estimate of drug-likeness (QED) is 0.682. The summed E-state index contributed by atoms with van der Waals surface area (Å²) in [6, 6.07) is 13.0. The number of benzene rings is 2. The molecule has 1 fully saturated rings. The van der Waals surface area contributed by atoms with E-state index in [0.717, 1.165) is 11.3 Å². The van der Waals surface area contributed by atoms with Crippen LogP contribution in [0, 0.1) is 5.82 Å². The van der Waals surface area contributed by atoms with Crippen molar-refractivity contribution >= 4 is 35.0 Å². The lowest BCUT2D eigenvalue weighted by Crippen LogP contribution is -2.30. The second-order valence-corrected chi connectivity index (χ2v) is 5.49. The fourth-order valence-corrected chi connectivity index (χ4v) is 2.65. The van der Waals surface area contributed by atoms with E-state index in [2.05, 4.69) is 5.32 Å². The van der Waals surface area contributed by atoms with Gasteiger partial charge in [-0.3, -0.25) is 9.69 Å². The molecule has 1 amide bonds. The van der Waals surface area contributed by atoms with E-state index >= 15 is 0 Å². The number of hydrogen-bond acceptors (Lipinski definition) is 3. The Kier molecular flexibility index (Phi) is 4.57. The standard InChI is InChI=1S/C18H15FN2O2S/c1-2-23-15-9-3-12(4-10-15)11-16-17(22)21(18(24)20-16)14-7-5-13(19)6-8-14/h3-11H,2H2,1H3,(H,20,24)/b16-11-. The zero-order valence-corrected chi connectivity index (χ0v) is 13.8. The lowest BCUT2D eigenvalue weighted by Gasteiger charge is -2.13. The number of nitrogens with zero attached hydrogens (tertiary/aromatic N) is 1. The Morgan fingerprint density at radius 3 is 2.46 bits per heavy atom. The highest BCUT2D eigenvalue weighted by Gasteiger charge is 2.31. The Morgan fingerprint density at radius 2 is 1.83 bits per heavy atom. The van der Waals surface area contributed by atoms with Crippen molar-refractivity contribution in [3.63, 3.8) is 0 Å². The van der Waals surface area contributed by atoms with Gasteiger partial charge in [0.05, 0.1) is 12.3 Å². The second-order valence-electron chi connectivity index (χ2n) is 5.11. The largest absolute Gasteiger partial charge is 0.494 e. The number of halogens is 1. The first-order valence-electron chi connectivity index (χ1n) is 7.44. The molecule has 0 aromatic heterocycles. The van der Waals surface area contributed by atoms with E-state index < -0.39 is 0 Å². The van der Waals surface area contributed by atoms with Gasteiger partial charge in [0.2, 0.25) is 0 Å². The fraction of sp³-hybridized carbons (Fsp3) is 0.111. The topological polar surface area (TPSA) is 41.6 Å². The molecule has 1 aliphatic heterocycles. The minimum absolute atomic E-state index is 0.267. The number of nitrogens with one attached hydrogen (secondary N) is 1. The molecule has 2 aromatic carbocycles. The van der Waals surface area contributed by atoms with Gasteiger partial charge in [0.25, 0.3) is 5.91 Å². The van der Waals surface area contributed by atoms with Crippen molar-refractivity contribution < 1.29 is 13.9 Å². The van der Waals surface area contributed by atoms with Crippen molar-refractivity contribution in [3.05, 3.63) is 65.6 Å². The molecule has 6 heteroatoms. The minimum Gasteiger partial charge on any atom is -0.494 e. The number of carbonyl (C=O) groups is 1. The van der Waals surface area contributed by atoms with Gasteiger partial charge in [-0.15, -0.1) is 0 Å². The molecule has 0 saturated carbocycles. The van der Waals surface area contributed by atoms with Gasteiger partial charge in [0, 0.05) is 0 Å². The van der Waals surface area contributed by atoms with Crippen molar-refractivity contribution in [1.82, 2.24) is 5.32 Å². The van der Waals surface area contributed by atoms with Crippen LogP contribution in [0.1, 0.15) is 12.5 Å². The van der Waals surface area contributed by atoms with Crippen LogP contribution in [0.5, 0.6) is 5.75 Å². The van der Waals surface area contributed by atoms with E-state index in [1.165, 1.54) is 29.2 Å². The van der Waals surface area contributed by atoms with Crippen LogP contribution in [0.15, 0.2) is 54.2 Å². The van der Waals surface area contributed by atoms with E-state index in [0.29, 0.717) is 18.0 Å². The van der Waals surface area contributed by atoms with Gasteiger partial charge in [0.15, 0.2) is 5.11 Å². The molecule has 0 radical (unpaired) electrons. The summed E-state index contributed by atoms with van der Waals surface area (Å²) in [5.74, 6) is 0.128. The zero-order chi connectivity index (χ0) is 17.1. The first kappa shape index (κ1) is 16.1. The molecule has 3 rings (SSSR count). The average molecular weight is 342 g/mol. The predicted molar refractivity (Wildman–Crippen MR) is 95.2 cm³/mol. The lowest BCUT2D eigenvalue weighted by molar-refractivity contribution is -0.113. The molecule has 0 atom stereocenters. The van der Waals surface area contributed by atoms with E-state index in [1.54, 1.807) is 6.08 Å². The van der Waals surface area contributed by atoms with Gasteiger partial charge >= 0.3 is 0 Å². The molecule has 24 heavy (non-hydrogen) atoms. The third-order valence-electron chi connectivity index (χ3n) is 3.47. The molecule has 1 N–H and O–H groups in total. The summed E-state index contributed by atoms with van der Waals surface area (Å²) in [4.78, 5) is 13.9. The molecular weight excluding hydrogens is 327 g/mol. The monoisotopic (exact) mass is 342 g/mol. The highest BCUT2D eigenvalue weighted by atomic mass is 32.1. The molecule has 2 aromatic rings. The molecule has 1 saturated heterocycles. The number of amides is 1. The molecule has 1 heterocycles. The van der Waals surface area contributed by atoms with E-state index in [9.17, 15) is 9.18 Å². The summed E-state index contributed by atoms with van der Waals surface area (Å²) in [6.45, 7) is 2.52. The summed E-state index contributed by atoms with van der Waals surface area (Å²) >= 11 is 5.22. The molecule has 0 unspecified atom stereocenters. The molecule has 1 aliphatic rings. The van der Waals surface area contributed by atoms with Crippen LogP contribution in [0.2, 0.25) is 0 Å². The SMILES string of the molecule is CCOc1ccc(/C=C2\NC(=S)N(c3ccc(F)cc3)C2=O)cc1. The maximum absolute atomic E-state index is 13.0. The van der Waals surface area contributed by atoms with E-state index in [-0.39, 0.29) is 16.8 Å². The molecule has 0 aliphatic carbocycles. The summed E-state index contributed by atoms with van der Waals surface area (Å²) < 4.78 is 18.4. The number of anilines is 1. The Hall–Kier alpha value is -2.73. The molecular formula is C18H15FN2O2S. The van der Waals surface area contributed by atoms with E-state index in [4.69, 9.17) is 17.0 Å². The summed E-state index contributed by atoms with van der Waals surface area (Å²) in [7, 11) is 0. The fourth-order valence-electron chi connectivity index (χ4n) is 2.35. The van der Waals surface area contributed by atoms with Crippen molar-refractivity contribution in [3.8, 4) is 5.75 Å². The van der Waals surface area contributed by atoms with Crippen LogP contribution in [0.25, 0.3) is 6.08 Å². The van der Waals surface area contributed by atoms with Crippen LogP contribution < -0.4 is 15.0 Å². The highest BCUT2D eigenvalue weighted by molar-refractivity contribution is 7.80. The van der Waals surface area contributed by atoms with Crippen LogP contribution >= 0.6 is 12.2 Å². The van der Waals surface area contributed by atoms with Crippen molar-refractivity contribution in [2.45, 2.75) is 6.92 Å². The van der Waals surface area contributed by atoms with Crippen LogP contribution in [-0.4, -0.2) is 17.6 Å². The Morgan fingerprint density at radius 1 is 1.17 bits per heavy atom. The van der Waals surface area contributed by atoms with Crippen molar-refractivity contribution in [2.24, 2.45) is 0 Å². The maximum Gasteiger partial charge on any atom is 0.281 e. The van der Waals surface area contributed by atoms with Crippen LogP contribution in [0.3, 0.4) is 0 Å². The van der Waals surface area contributed by atoms with Gasteiger partial charge < -0.3 is 10.1 Å². The molecule has 0 bridgehead atoms. The highest BCUT2D eigenvalue weighted by Crippen LogP contribution is 2.23. The summed E-state index contributed by atoms with van der Waals surface area (Å²) in [5.41, 5.74) is 1.74. The lowest BCUT2D eigenvalue weighted by atomic mass is 10.2. The van der Waals surface area contributed by atoms with Gasteiger partial charge in [-0.25, -0.2) is 4.39 Å².